The predicted molar refractivity (Wildman–Crippen MR) is 77.2 cm³/mol. The molecule has 0 aromatic carbocycles. The summed E-state index contributed by atoms with van der Waals surface area (Å²) in [7, 11) is 1.94. The van der Waals surface area contributed by atoms with Gasteiger partial charge in [0, 0.05) is 31.2 Å². The number of esters is 1. The van der Waals surface area contributed by atoms with Gasteiger partial charge in [-0.15, -0.1) is 0 Å². The Morgan fingerprint density at radius 3 is 2.79 bits per heavy atom. The number of nitrogens with zero attached hydrogens (tertiary/aromatic N) is 2. The molecule has 0 aliphatic carbocycles. The number of hydrogen-bond acceptors (Lipinski definition) is 5. The van der Waals surface area contributed by atoms with Crippen molar-refractivity contribution in [3.63, 3.8) is 0 Å². The van der Waals surface area contributed by atoms with Crippen molar-refractivity contribution >= 4 is 17.7 Å². The van der Waals surface area contributed by atoms with E-state index in [9.17, 15) is 4.79 Å². The molecular weight excluding hydrogens is 262 g/mol. The zero-order chi connectivity index (χ0) is 14.5. The molecule has 0 spiro atoms. The molecule has 0 fully saturated rings. The minimum atomic E-state index is -0.708. The third kappa shape index (κ3) is 4.54. The third-order valence-electron chi connectivity index (χ3n) is 2.60. The average Bonchev–Trinajstić information content (AvgIpc) is 2.72. The van der Waals surface area contributed by atoms with Crippen molar-refractivity contribution in [1.82, 2.24) is 14.9 Å². The maximum Gasteiger partial charge on any atom is 0.326 e. The predicted octanol–water partition coefficient (Wildman–Crippen LogP) is 1.83. The van der Waals surface area contributed by atoms with Crippen molar-refractivity contribution in [2.24, 2.45) is 7.05 Å². The van der Waals surface area contributed by atoms with Gasteiger partial charge in [0.2, 0.25) is 0 Å². The Morgan fingerprint density at radius 2 is 2.32 bits per heavy atom. The summed E-state index contributed by atoms with van der Waals surface area (Å²) >= 11 is 1.55. The maximum atomic E-state index is 12.1. The quantitative estimate of drug-likeness (QED) is 0.612. The Balaban J connectivity index is 2.74. The summed E-state index contributed by atoms with van der Waals surface area (Å²) in [5.74, 6) is 0.361. The van der Waals surface area contributed by atoms with Crippen molar-refractivity contribution in [1.29, 1.82) is 0 Å². The summed E-state index contributed by atoms with van der Waals surface area (Å²) in [5, 5.41) is 4.18. The lowest BCUT2D eigenvalue weighted by Gasteiger charge is -2.30. The van der Waals surface area contributed by atoms with Gasteiger partial charge in [0.05, 0.1) is 6.61 Å². The maximum absolute atomic E-state index is 12.1. The first kappa shape index (κ1) is 16.0. The number of thioether (sulfide) groups is 1. The number of imidazole rings is 1. The first-order valence-corrected chi connectivity index (χ1v) is 7.42. The first-order chi connectivity index (χ1) is 8.89. The van der Waals surface area contributed by atoms with Gasteiger partial charge in [-0.1, -0.05) is 11.8 Å². The van der Waals surface area contributed by atoms with Crippen LogP contribution in [0.3, 0.4) is 0 Å². The lowest BCUT2D eigenvalue weighted by atomic mass is 10.0. The molecule has 0 aliphatic heterocycles. The first-order valence-electron chi connectivity index (χ1n) is 6.44. The van der Waals surface area contributed by atoms with Crippen LogP contribution < -0.4 is 5.32 Å². The molecule has 0 saturated heterocycles. The molecule has 1 rings (SSSR count). The number of nitrogens with one attached hydrogen (secondary N) is 1. The topological polar surface area (TPSA) is 56.1 Å². The van der Waals surface area contributed by atoms with Crippen LogP contribution >= 0.6 is 11.8 Å². The molecular formula is C13H23N3O2S. The van der Waals surface area contributed by atoms with E-state index in [0.29, 0.717) is 12.4 Å². The standard InChI is InChI=1S/C13H23N3O2S/c1-6-18-11(17)13(4,15-10(2)3)9-19-12-14-7-8-16(12)5/h7-8,10,15H,6,9H2,1-5H3. The van der Waals surface area contributed by atoms with E-state index in [1.807, 2.05) is 45.5 Å². The van der Waals surface area contributed by atoms with Crippen LogP contribution in [0.15, 0.2) is 17.6 Å². The summed E-state index contributed by atoms with van der Waals surface area (Å²) in [4.78, 5) is 16.4. The molecule has 1 aromatic heterocycles. The number of aryl methyl sites for hydroxylation is 1. The minimum Gasteiger partial charge on any atom is -0.465 e. The van der Waals surface area contributed by atoms with E-state index in [1.165, 1.54) is 0 Å². The minimum absolute atomic E-state index is 0.205. The highest BCUT2D eigenvalue weighted by molar-refractivity contribution is 7.99. The molecule has 1 heterocycles. The van der Waals surface area contributed by atoms with E-state index >= 15 is 0 Å². The molecule has 1 unspecified atom stereocenters. The van der Waals surface area contributed by atoms with Gasteiger partial charge >= 0.3 is 5.97 Å². The summed E-state index contributed by atoms with van der Waals surface area (Å²) in [6.07, 6.45) is 3.64. The summed E-state index contributed by atoms with van der Waals surface area (Å²) in [6, 6.07) is 0.205. The molecule has 0 bridgehead atoms. The van der Waals surface area contributed by atoms with Gasteiger partial charge in [-0.25, -0.2) is 4.98 Å². The van der Waals surface area contributed by atoms with E-state index < -0.39 is 5.54 Å². The Hall–Kier alpha value is -1.01. The second kappa shape index (κ2) is 6.96. The van der Waals surface area contributed by atoms with Crippen LogP contribution in [0.1, 0.15) is 27.7 Å². The van der Waals surface area contributed by atoms with E-state index in [-0.39, 0.29) is 12.0 Å². The number of ether oxygens (including phenoxy) is 1. The highest BCUT2D eigenvalue weighted by atomic mass is 32.2. The van der Waals surface area contributed by atoms with Crippen molar-refractivity contribution in [2.75, 3.05) is 12.4 Å². The largest absolute Gasteiger partial charge is 0.465 e. The Kier molecular flexibility index (Phi) is 5.87. The highest BCUT2D eigenvalue weighted by Crippen LogP contribution is 2.22. The molecule has 1 atom stereocenters. The lowest BCUT2D eigenvalue weighted by Crippen LogP contribution is -2.55. The Morgan fingerprint density at radius 1 is 1.63 bits per heavy atom. The van der Waals surface area contributed by atoms with Gasteiger partial charge < -0.3 is 9.30 Å². The van der Waals surface area contributed by atoms with Crippen LogP contribution in [0, 0.1) is 0 Å². The van der Waals surface area contributed by atoms with Gasteiger partial charge in [-0.3, -0.25) is 10.1 Å². The average molecular weight is 285 g/mol. The van der Waals surface area contributed by atoms with E-state index in [0.717, 1.165) is 5.16 Å². The van der Waals surface area contributed by atoms with Gasteiger partial charge in [-0.05, 0) is 27.7 Å². The lowest BCUT2D eigenvalue weighted by molar-refractivity contribution is -0.149. The van der Waals surface area contributed by atoms with Crippen LogP contribution in [0.5, 0.6) is 0 Å². The number of rotatable bonds is 7. The smallest absolute Gasteiger partial charge is 0.326 e. The Bertz CT molecular complexity index is 420. The SMILES string of the molecule is CCOC(=O)C(C)(CSc1nccn1C)NC(C)C. The monoisotopic (exact) mass is 285 g/mol. The highest BCUT2D eigenvalue weighted by Gasteiger charge is 2.35. The number of carbonyl (C=O) groups excluding carboxylic acids is 1. The molecule has 108 valence electrons. The van der Waals surface area contributed by atoms with Crippen molar-refractivity contribution in [3.05, 3.63) is 12.4 Å². The van der Waals surface area contributed by atoms with E-state index in [2.05, 4.69) is 10.3 Å². The Labute approximate surface area is 119 Å². The zero-order valence-corrected chi connectivity index (χ0v) is 13.1. The normalized spacial score (nSPS) is 14.4. The molecule has 5 nitrogen and oxygen atoms in total. The molecule has 0 radical (unpaired) electrons. The number of carbonyl (C=O) groups is 1. The molecule has 19 heavy (non-hydrogen) atoms. The fourth-order valence-electron chi connectivity index (χ4n) is 1.79. The molecule has 1 aromatic rings. The summed E-state index contributed by atoms with van der Waals surface area (Å²) in [6.45, 7) is 8.12. The third-order valence-corrected chi connectivity index (χ3v) is 3.97. The van der Waals surface area contributed by atoms with Gasteiger partial charge in [0.15, 0.2) is 5.16 Å². The van der Waals surface area contributed by atoms with Crippen LogP contribution in [0.2, 0.25) is 0 Å². The fourth-order valence-corrected chi connectivity index (χ4v) is 2.81. The van der Waals surface area contributed by atoms with Crippen molar-refractivity contribution in [2.45, 2.75) is 44.4 Å². The number of aromatic nitrogens is 2. The second-order valence-corrected chi connectivity index (χ2v) is 5.90. The van der Waals surface area contributed by atoms with Crippen LogP contribution in [-0.4, -0.2) is 39.5 Å². The van der Waals surface area contributed by atoms with Crippen molar-refractivity contribution in [3.8, 4) is 0 Å². The van der Waals surface area contributed by atoms with Gasteiger partial charge in [0.25, 0.3) is 0 Å². The molecule has 0 saturated carbocycles. The van der Waals surface area contributed by atoms with Crippen LogP contribution in [-0.2, 0) is 16.6 Å². The molecule has 0 amide bonds. The van der Waals surface area contributed by atoms with Crippen molar-refractivity contribution < 1.29 is 9.53 Å². The summed E-state index contributed by atoms with van der Waals surface area (Å²) in [5.41, 5.74) is -0.708. The second-order valence-electron chi connectivity index (χ2n) is 4.96. The summed E-state index contributed by atoms with van der Waals surface area (Å²) < 4.78 is 7.10. The van der Waals surface area contributed by atoms with E-state index in [1.54, 1.807) is 18.0 Å². The molecule has 0 aliphatic rings. The zero-order valence-electron chi connectivity index (χ0n) is 12.3. The van der Waals surface area contributed by atoms with Gasteiger partial charge in [0.1, 0.15) is 5.54 Å². The number of hydrogen-bond donors (Lipinski definition) is 1. The van der Waals surface area contributed by atoms with Crippen LogP contribution in [0.4, 0.5) is 0 Å². The van der Waals surface area contributed by atoms with Gasteiger partial charge in [-0.2, -0.15) is 0 Å². The van der Waals surface area contributed by atoms with E-state index in [4.69, 9.17) is 4.74 Å². The molecule has 6 heteroatoms. The fraction of sp³-hybridized carbons (Fsp3) is 0.692. The van der Waals surface area contributed by atoms with Crippen LogP contribution in [0.25, 0.3) is 0 Å². The molecule has 1 N–H and O–H groups in total.